The van der Waals surface area contributed by atoms with E-state index < -0.39 is 13.0 Å². The molecule has 0 aromatic heterocycles. The van der Waals surface area contributed by atoms with Gasteiger partial charge in [0.15, 0.2) is 0 Å². The van der Waals surface area contributed by atoms with Crippen molar-refractivity contribution in [3.63, 3.8) is 0 Å². The van der Waals surface area contributed by atoms with Crippen molar-refractivity contribution in [3.05, 3.63) is 0 Å². The van der Waals surface area contributed by atoms with Crippen molar-refractivity contribution in [3.8, 4) is 0 Å². The third-order valence-electron chi connectivity index (χ3n) is 0.944. The number of hydrogen-bond donors (Lipinski definition) is 0. The summed E-state index contributed by atoms with van der Waals surface area (Å²) in [4.78, 5) is 0. The van der Waals surface area contributed by atoms with E-state index in [4.69, 9.17) is 19.9 Å². The average Bonchev–Trinajstić information content (AvgIpc) is 1.69. The van der Waals surface area contributed by atoms with Gasteiger partial charge in [-0.2, -0.15) is 0 Å². The molecule has 8 heavy (non-hydrogen) atoms. The van der Waals surface area contributed by atoms with E-state index in [1.165, 1.54) is 0 Å². The van der Waals surface area contributed by atoms with Crippen LogP contribution >= 0.6 is 19.9 Å². The Kier molecular flexibility index (Phi) is 5.61. The molecule has 0 spiro atoms. The van der Waals surface area contributed by atoms with Gasteiger partial charge in [-0.05, 0) is 0 Å². The fourth-order valence-electron chi connectivity index (χ4n) is 0.437. The fourth-order valence-corrected chi connectivity index (χ4v) is 3.56. The molecule has 0 aromatic carbocycles. The summed E-state index contributed by atoms with van der Waals surface area (Å²) >= 11 is -1.57. The van der Waals surface area contributed by atoms with Gasteiger partial charge in [-0.15, -0.1) is 0 Å². The van der Waals surface area contributed by atoms with E-state index in [0.717, 1.165) is 13.1 Å². The van der Waals surface area contributed by atoms with Gasteiger partial charge >= 0.3 is 63.6 Å². The molecule has 0 aliphatic carbocycles. The van der Waals surface area contributed by atoms with Gasteiger partial charge in [-0.25, -0.2) is 0 Å². The van der Waals surface area contributed by atoms with E-state index in [-0.39, 0.29) is 0 Å². The SMILES string of the molecule is CCN(CC)[As](Cl)Cl. The predicted octanol–water partition coefficient (Wildman–Crippen LogP) is 1.79. The second kappa shape index (κ2) is 4.93. The first-order valence-corrected chi connectivity index (χ1v) is 8.36. The summed E-state index contributed by atoms with van der Waals surface area (Å²) in [5, 5.41) is 0. The summed E-state index contributed by atoms with van der Waals surface area (Å²) in [7, 11) is 11.4. The van der Waals surface area contributed by atoms with E-state index in [9.17, 15) is 0 Å². The second-order valence-corrected chi connectivity index (χ2v) is 7.67. The summed E-state index contributed by atoms with van der Waals surface area (Å²) in [6, 6.07) is 0. The molecule has 1 nitrogen and oxygen atoms in total. The Morgan fingerprint density at radius 2 is 1.62 bits per heavy atom. The van der Waals surface area contributed by atoms with E-state index in [0.29, 0.717) is 0 Å². The zero-order chi connectivity index (χ0) is 6.57. The molecule has 0 radical (unpaired) electrons. The van der Waals surface area contributed by atoms with Gasteiger partial charge in [-0.3, -0.25) is 0 Å². The minimum absolute atomic E-state index is 0.976. The molecule has 4 heteroatoms. The van der Waals surface area contributed by atoms with Gasteiger partial charge in [0, 0.05) is 0 Å². The van der Waals surface area contributed by atoms with Crippen LogP contribution in [-0.4, -0.2) is 29.9 Å². The normalized spacial score (nSPS) is 11.2. The summed E-state index contributed by atoms with van der Waals surface area (Å²) < 4.78 is 2.09. The zero-order valence-electron chi connectivity index (χ0n) is 5.06. The Bertz CT molecular complexity index is 56.0. The topological polar surface area (TPSA) is 3.24 Å². The van der Waals surface area contributed by atoms with Crippen LogP contribution in [0.4, 0.5) is 0 Å². The molecule has 0 aliphatic rings. The summed E-state index contributed by atoms with van der Waals surface area (Å²) in [5.74, 6) is 0. The van der Waals surface area contributed by atoms with Crippen LogP contribution in [-0.2, 0) is 0 Å². The minimum atomic E-state index is -1.57. The molecule has 0 saturated carbocycles. The molecule has 0 saturated heterocycles. The maximum atomic E-state index is 5.68. The van der Waals surface area contributed by atoms with Crippen molar-refractivity contribution in [2.75, 3.05) is 13.1 Å². The Morgan fingerprint density at radius 3 is 1.62 bits per heavy atom. The Balaban J connectivity index is 3.35. The van der Waals surface area contributed by atoms with E-state index >= 15 is 0 Å². The molecular formula is C4H10AsCl2N. The van der Waals surface area contributed by atoms with Crippen LogP contribution in [0.3, 0.4) is 0 Å². The fraction of sp³-hybridized carbons (Fsp3) is 1.00. The second-order valence-electron chi connectivity index (χ2n) is 1.35. The third-order valence-corrected chi connectivity index (χ3v) is 5.25. The maximum absolute atomic E-state index is 5.68. The van der Waals surface area contributed by atoms with Gasteiger partial charge < -0.3 is 0 Å². The molecule has 0 unspecified atom stereocenters. The Hall–Kier alpha value is 1.10. The molecule has 50 valence electrons. The molecule has 0 heterocycles. The first-order chi connectivity index (χ1) is 3.72. The number of nitrogens with zero attached hydrogens (tertiary/aromatic N) is 1. The van der Waals surface area contributed by atoms with Crippen LogP contribution in [0.2, 0.25) is 0 Å². The van der Waals surface area contributed by atoms with Crippen molar-refractivity contribution >= 4 is 32.9 Å². The van der Waals surface area contributed by atoms with Crippen LogP contribution in [0.15, 0.2) is 0 Å². The monoisotopic (exact) mass is 217 g/mol. The van der Waals surface area contributed by atoms with Crippen LogP contribution in [0, 0.1) is 0 Å². The number of rotatable bonds is 3. The van der Waals surface area contributed by atoms with Gasteiger partial charge in [0.2, 0.25) is 0 Å². The predicted molar refractivity (Wildman–Crippen MR) is 40.4 cm³/mol. The molecule has 0 fully saturated rings. The molecule has 0 bridgehead atoms. The van der Waals surface area contributed by atoms with Crippen molar-refractivity contribution in [2.45, 2.75) is 13.8 Å². The summed E-state index contributed by atoms with van der Waals surface area (Å²) in [5.41, 5.74) is 0. The average molecular weight is 218 g/mol. The van der Waals surface area contributed by atoms with E-state index in [2.05, 4.69) is 17.7 Å². The summed E-state index contributed by atoms with van der Waals surface area (Å²) in [6.07, 6.45) is 0. The first kappa shape index (κ1) is 9.10. The molecule has 0 amide bonds. The van der Waals surface area contributed by atoms with Crippen molar-refractivity contribution in [1.29, 1.82) is 0 Å². The molecule has 0 atom stereocenters. The molecular weight excluding hydrogens is 208 g/mol. The Labute approximate surface area is 63.8 Å². The van der Waals surface area contributed by atoms with Crippen molar-refractivity contribution in [2.24, 2.45) is 0 Å². The zero-order valence-corrected chi connectivity index (χ0v) is 8.45. The number of hydrogen-bond acceptors (Lipinski definition) is 1. The van der Waals surface area contributed by atoms with Gasteiger partial charge in [0.1, 0.15) is 0 Å². The standard InChI is InChI=1S/C4H10AsCl2N/c1-3-8(4-2)5(6)7/h3-4H2,1-2H3. The van der Waals surface area contributed by atoms with Crippen molar-refractivity contribution in [1.82, 2.24) is 3.82 Å². The van der Waals surface area contributed by atoms with Crippen LogP contribution < -0.4 is 0 Å². The van der Waals surface area contributed by atoms with Gasteiger partial charge in [-0.1, -0.05) is 0 Å². The Morgan fingerprint density at radius 1 is 1.25 bits per heavy atom. The van der Waals surface area contributed by atoms with E-state index in [1.807, 2.05) is 0 Å². The molecule has 0 N–H and O–H groups in total. The van der Waals surface area contributed by atoms with Crippen molar-refractivity contribution < 1.29 is 0 Å². The number of halogens is 2. The summed E-state index contributed by atoms with van der Waals surface area (Å²) in [6.45, 7) is 6.08. The molecule has 0 aromatic rings. The van der Waals surface area contributed by atoms with Crippen LogP contribution in [0.5, 0.6) is 0 Å². The van der Waals surface area contributed by atoms with Gasteiger partial charge in [0.25, 0.3) is 0 Å². The quantitative estimate of drug-likeness (QED) is 0.652. The van der Waals surface area contributed by atoms with Crippen LogP contribution in [0.25, 0.3) is 0 Å². The van der Waals surface area contributed by atoms with Crippen LogP contribution in [0.1, 0.15) is 13.8 Å². The molecule has 0 aliphatic heterocycles. The van der Waals surface area contributed by atoms with E-state index in [1.54, 1.807) is 0 Å². The molecule has 0 rings (SSSR count). The van der Waals surface area contributed by atoms with Gasteiger partial charge in [0.05, 0.1) is 0 Å². The first-order valence-electron chi connectivity index (χ1n) is 2.58. The third kappa shape index (κ3) is 3.19.